The van der Waals surface area contributed by atoms with Gasteiger partial charge in [-0.3, -0.25) is 0 Å². The second kappa shape index (κ2) is 7.55. The summed E-state index contributed by atoms with van der Waals surface area (Å²) in [5.74, 6) is 1.52. The van der Waals surface area contributed by atoms with Crippen LogP contribution in [-0.4, -0.2) is 39.5 Å². The Morgan fingerprint density at radius 1 is 1.37 bits per heavy atom. The van der Waals surface area contributed by atoms with Crippen LogP contribution in [0.15, 0.2) is 0 Å². The van der Waals surface area contributed by atoms with Crippen LogP contribution in [0.3, 0.4) is 0 Å². The maximum Gasteiger partial charge on any atom is 0.165 e. The van der Waals surface area contributed by atoms with E-state index < -0.39 is 0 Å². The Kier molecular flexibility index (Phi) is 5.72. The normalized spacial score (nSPS) is 16.6. The van der Waals surface area contributed by atoms with Crippen molar-refractivity contribution in [2.24, 2.45) is 5.92 Å². The van der Waals surface area contributed by atoms with Gasteiger partial charge in [0.15, 0.2) is 5.82 Å². The molecular formula is C13H25N5O. The molecule has 1 N–H and O–H groups in total. The van der Waals surface area contributed by atoms with Crippen molar-refractivity contribution < 1.29 is 4.74 Å². The molecular weight excluding hydrogens is 242 g/mol. The van der Waals surface area contributed by atoms with Gasteiger partial charge in [-0.1, -0.05) is 26.7 Å². The minimum atomic E-state index is 0.457. The standard InChI is InChI=1S/C13H25N5O/c1-11(2)9-14-10-13-15-16-17-18(13)7-8-19-12-5-3-4-6-12/h11-12,14H,3-10H2,1-2H3. The average Bonchev–Trinajstić information content (AvgIpc) is 3.01. The fourth-order valence-corrected chi connectivity index (χ4v) is 2.36. The number of tetrazole rings is 1. The molecule has 1 aromatic rings. The number of rotatable bonds is 8. The van der Waals surface area contributed by atoms with E-state index >= 15 is 0 Å². The molecule has 6 nitrogen and oxygen atoms in total. The first-order chi connectivity index (χ1) is 9.25. The van der Waals surface area contributed by atoms with Gasteiger partial charge in [0.05, 0.1) is 25.8 Å². The molecule has 0 aromatic carbocycles. The van der Waals surface area contributed by atoms with Crippen LogP contribution in [0.2, 0.25) is 0 Å². The molecule has 0 bridgehead atoms. The maximum atomic E-state index is 5.84. The highest BCUT2D eigenvalue weighted by Crippen LogP contribution is 2.20. The Labute approximate surface area is 114 Å². The van der Waals surface area contributed by atoms with Gasteiger partial charge in [0.1, 0.15) is 0 Å². The molecule has 1 saturated carbocycles. The van der Waals surface area contributed by atoms with Gasteiger partial charge < -0.3 is 10.1 Å². The lowest BCUT2D eigenvalue weighted by Gasteiger charge is -2.11. The molecule has 1 fully saturated rings. The van der Waals surface area contributed by atoms with Gasteiger partial charge >= 0.3 is 0 Å². The van der Waals surface area contributed by atoms with E-state index in [4.69, 9.17) is 4.74 Å². The highest BCUT2D eigenvalue weighted by atomic mass is 16.5. The molecule has 1 heterocycles. The minimum Gasteiger partial charge on any atom is -0.376 e. The maximum absolute atomic E-state index is 5.84. The van der Waals surface area contributed by atoms with E-state index in [0.717, 1.165) is 18.9 Å². The number of hydrogen-bond donors (Lipinski definition) is 1. The molecule has 108 valence electrons. The summed E-state index contributed by atoms with van der Waals surface area (Å²) >= 11 is 0. The molecule has 1 aliphatic carbocycles. The third-order valence-corrected chi connectivity index (χ3v) is 3.40. The minimum absolute atomic E-state index is 0.457. The zero-order valence-electron chi connectivity index (χ0n) is 12.0. The van der Waals surface area contributed by atoms with Crippen LogP contribution in [0, 0.1) is 5.92 Å². The number of aromatic nitrogens is 4. The van der Waals surface area contributed by atoms with Gasteiger partial charge in [0.25, 0.3) is 0 Å². The molecule has 1 aromatic heterocycles. The zero-order valence-corrected chi connectivity index (χ0v) is 12.0. The largest absolute Gasteiger partial charge is 0.376 e. The monoisotopic (exact) mass is 267 g/mol. The smallest absolute Gasteiger partial charge is 0.165 e. The average molecular weight is 267 g/mol. The molecule has 0 spiro atoms. The van der Waals surface area contributed by atoms with Gasteiger partial charge in [-0.25, -0.2) is 4.68 Å². The molecule has 6 heteroatoms. The topological polar surface area (TPSA) is 64.9 Å². The van der Waals surface area contributed by atoms with Crippen molar-refractivity contribution >= 4 is 0 Å². The van der Waals surface area contributed by atoms with E-state index in [1.165, 1.54) is 25.7 Å². The second-order valence-electron chi connectivity index (χ2n) is 5.62. The first-order valence-electron chi connectivity index (χ1n) is 7.33. The van der Waals surface area contributed by atoms with Crippen LogP contribution in [0.25, 0.3) is 0 Å². The van der Waals surface area contributed by atoms with E-state index in [9.17, 15) is 0 Å². The summed E-state index contributed by atoms with van der Waals surface area (Å²) in [6.07, 6.45) is 5.48. The van der Waals surface area contributed by atoms with E-state index in [1.54, 1.807) is 0 Å². The van der Waals surface area contributed by atoms with Crippen molar-refractivity contribution in [1.82, 2.24) is 25.5 Å². The molecule has 0 radical (unpaired) electrons. The van der Waals surface area contributed by atoms with E-state index in [2.05, 4.69) is 34.7 Å². The molecule has 2 rings (SSSR count). The van der Waals surface area contributed by atoms with Gasteiger partial charge in [-0.15, -0.1) is 5.10 Å². The van der Waals surface area contributed by atoms with Crippen molar-refractivity contribution in [2.75, 3.05) is 13.2 Å². The Morgan fingerprint density at radius 3 is 2.89 bits per heavy atom. The van der Waals surface area contributed by atoms with E-state index in [0.29, 0.717) is 25.2 Å². The van der Waals surface area contributed by atoms with Gasteiger partial charge in [0.2, 0.25) is 0 Å². The SMILES string of the molecule is CC(C)CNCc1nnnn1CCOC1CCCC1. The molecule has 0 unspecified atom stereocenters. The summed E-state index contributed by atoms with van der Waals surface area (Å²) in [7, 11) is 0. The summed E-state index contributed by atoms with van der Waals surface area (Å²) < 4.78 is 7.67. The summed E-state index contributed by atoms with van der Waals surface area (Å²) in [6, 6.07) is 0. The van der Waals surface area contributed by atoms with Crippen LogP contribution >= 0.6 is 0 Å². The molecule has 0 atom stereocenters. The van der Waals surface area contributed by atoms with Crippen molar-refractivity contribution in [1.29, 1.82) is 0 Å². The fraction of sp³-hybridized carbons (Fsp3) is 0.923. The van der Waals surface area contributed by atoms with Crippen LogP contribution in [0.4, 0.5) is 0 Å². The van der Waals surface area contributed by atoms with Crippen molar-refractivity contribution in [3.8, 4) is 0 Å². The Morgan fingerprint density at radius 2 is 2.16 bits per heavy atom. The summed E-state index contributed by atoms with van der Waals surface area (Å²) in [6.45, 7) is 7.51. The predicted molar refractivity (Wildman–Crippen MR) is 72.6 cm³/mol. The Balaban J connectivity index is 1.69. The molecule has 19 heavy (non-hydrogen) atoms. The van der Waals surface area contributed by atoms with Gasteiger partial charge in [0, 0.05) is 0 Å². The number of nitrogens with zero attached hydrogens (tertiary/aromatic N) is 4. The van der Waals surface area contributed by atoms with Crippen LogP contribution in [-0.2, 0) is 17.8 Å². The summed E-state index contributed by atoms with van der Waals surface area (Å²) in [4.78, 5) is 0. The lowest BCUT2D eigenvalue weighted by Crippen LogP contribution is -2.23. The predicted octanol–water partition coefficient (Wildman–Crippen LogP) is 1.38. The van der Waals surface area contributed by atoms with Gasteiger partial charge in [-0.05, 0) is 35.7 Å². The Bertz CT molecular complexity index is 360. The van der Waals surface area contributed by atoms with E-state index in [-0.39, 0.29) is 0 Å². The lowest BCUT2D eigenvalue weighted by molar-refractivity contribution is 0.0507. The lowest BCUT2D eigenvalue weighted by atomic mass is 10.2. The highest BCUT2D eigenvalue weighted by molar-refractivity contribution is 4.80. The number of ether oxygens (including phenoxy) is 1. The second-order valence-corrected chi connectivity index (χ2v) is 5.62. The summed E-state index contributed by atoms with van der Waals surface area (Å²) in [5.41, 5.74) is 0. The van der Waals surface area contributed by atoms with Crippen LogP contribution in [0.5, 0.6) is 0 Å². The van der Waals surface area contributed by atoms with Crippen LogP contribution < -0.4 is 5.32 Å². The van der Waals surface area contributed by atoms with Crippen molar-refractivity contribution in [3.05, 3.63) is 5.82 Å². The Hall–Kier alpha value is -1.01. The van der Waals surface area contributed by atoms with E-state index in [1.807, 2.05) is 4.68 Å². The molecule has 0 amide bonds. The van der Waals surface area contributed by atoms with Crippen LogP contribution in [0.1, 0.15) is 45.4 Å². The number of nitrogens with one attached hydrogen (secondary N) is 1. The fourth-order valence-electron chi connectivity index (χ4n) is 2.36. The third kappa shape index (κ3) is 4.87. The first kappa shape index (κ1) is 14.4. The number of hydrogen-bond acceptors (Lipinski definition) is 5. The quantitative estimate of drug-likeness (QED) is 0.771. The first-order valence-corrected chi connectivity index (χ1v) is 7.33. The van der Waals surface area contributed by atoms with Gasteiger partial charge in [-0.2, -0.15) is 0 Å². The molecule has 1 aliphatic rings. The third-order valence-electron chi connectivity index (χ3n) is 3.40. The van der Waals surface area contributed by atoms with Crippen molar-refractivity contribution in [2.45, 2.75) is 58.7 Å². The highest BCUT2D eigenvalue weighted by Gasteiger charge is 2.15. The summed E-state index contributed by atoms with van der Waals surface area (Å²) in [5, 5.41) is 15.2. The molecule has 0 aliphatic heterocycles. The van der Waals surface area contributed by atoms with Crippen molar-refractivity contribution in [3.63, 3.8) is 0 Å². The molecule has 0 saturated heterocycles. The zero-order chi connectivity index (χ0) is 13.5.